The summed E-state index contributed by atoms with van der Waals surface area (Å²) in [7, 11) is 0. The second kappa shape index (κ2) is 12.3. The van der Waals surface area contributed by atoms with Crippen molar-refractivity contribution in [1.29, 1.82) is 0 Å². The summed E-state index contributed by atoms with van der Waals surface area (Å²) in [5.41, 5.74) is 2.42. The summed E-state index contributed by atoms with van der Waals surface area (Å²) in [6.07, 6.45) is 16.6. The van der Waals surface area contributed by atoms with Crippen molar-refractivity contribution < 1.29 is 4.79 Å². The molecule has 1 aromatic heterocycles. The Morgan fingerprint density at radius 3 is 2.49 bits per heavy atom. The minimum absolute atomic E-state index is 0.0572. The average Bonchev–Trinajstić information content (AvgIpc) is 2.90. The number of amides is 1. The molecule has 1 amide bonds. The van der Waals surface area contributed by atoms with Gasteiger partial charge in [-0.1, -0.05) is 74.5 Å². The Hall–Kier alpha value is -3.94. The molecule has 0 saturated heterocycles. The van der Waals surface area contributed by atoms with Gasteiger partial charge in [-0.05, 0) is 60.2 Å². The van der Waals surface area contributed by atoms with E-state index >= 15 is 0 Å². The molecule has 0 bridgehead atoms. The Balaban J connectivity index is 1.48. The maximum Gasteiger partial charge on any atom is 0.251 e. The molecule has 1 N–H and O–H groups in total. The van der Waals surface area contributed by atoms with Gasteiger partial charge in [0, 0.05) is 32.2 Å². The molecule has 0 spiro atoms. The van der Waals surface area contributed by atoms with Crippen LogP contribution in [0.1, 0.15) is 60.6 Å². The Kier molecular flexibility index (Phi) is 8.72. The van der Waals surface area contributed by atoms with Crippen LogP contribution in [-0.4, -0.2) is 5.91 Å². The molecule has 0 fully saturated rings. The first-order chi connectivity index (χ1) is 18.0. The van der Waals surface area contributed by atoms with E-state index in [1.54, 1.807) is 23.5 Å². The Bertz CT molecular complexity index is 1550. The molecule has 4 aromatic rings. The first-order valence-corrected chi connectivity index (χ1v) is 13.4. The number of benzene rings is 3. The van der Waals surface area contributed by atoms with Crippen LogP contribution in [0.25, 0.3) is 26.2 Å². The molecule has 0 aliphatic carbocycles. The fourth-order valence-electron chi connectivity index (χ4n) is 4.14. The van der Waals surface area contributed by atoms with Crippen molar-refractivity contribution in [2.45, 2.75) is 39.2 Å². The van der Waals surface area contributed by atoms with Crippen molar-refractivity contribution in [3.63, 3.8) is 0 Å². The molecule has 186 valence electrons. The van der Waals surface area contributed by atoms with Crippen LogP contribution < -0.4 is 10.7 Å². The molecular weight excluding hydrogens is 474 g/mol. The van der Waals surface area contributed by atoms with Crippen molar-refractivity contribution in [2.75, 3.05) is 0 Å². The molecule has 0 radical (unpaired) electrons. The summed E-state index contributed by atoms with van der Waals surface area (Å²) in [4.78, 5) is 26.2. The average molecular weight is 506 g/mol. The fourth-order valence-corrected chi connectivity index (χ4v) is 5.19. The first-order valence-electron chi connectivity index (χ1n) is 12.6. The van der Waals surface area contributed by atoms with Crippen molar-refractivity contribution in [1.82, 2.24) is 5.32 Å². The zero-order valence-electron chi connectivity index (χ0n) is 21.2. The highest BCUT2D eigenvalue weighted by Crippen LogP contribution is 2.26. The maximum absolute atomic E-state index is 13.2. The van der Waals surface area contributed by atoms with Gasteiger partial charge >= 0.3 is 0 Å². The van der Waals surface area contributed by atoms with E-state index in [1.807, 2.05) is 54.6 Å². The zero-order chi connectivity index (χ0) is 26.2. The molecular formula is C33H31NO2S. The number of hydrogen-bond acceptors (Lipinski definition) is 3. The number of hydrogen-bond donors (Lipinski definition) is 1. The molecule has 3 aromatic carbocycles. The molecule has 4 rings (SSSR count). The van der Waals surface area contributed by atoms with Crippen LogP contribution >= 0.6 is 11.3 Å². The van der Waals surface area contributed by atoms with Gasteiger partial charge in [0.25, 0.3) is 5.91 Å². The van der Waals surface area contributed by atoms with E-state index in [1.165, 1.54) is 0 Å². The maximum atomic E-state index is 13.2. The number of allylic oxidation sites excluding steroid dienone is 3. The summed E-state index contributed by atoms with van der Waals surface area (Å²) < 4.78 is 1.80. The quantitative estimate of drug-likeness (QED) is 0.143. The summed E-state index contributed by atoms with van der Waals surface area (Å²) >= 11 is 1.55. The van der Waals surface area contributed by atoms with Crippen LogP contribution in [0, 0.1) is 18.3 Å². The van der Waals surface area contributed by atoms with Crippen molar-refractivity contribution >= 4 is 43.5 Å². The molecule has 3 nitrogen and oxygen atoms in total. The van der Waals surface area contributed by atoms with Gasteiger partial charge in [-0.3, -0.25) is 9.59 Å². The lowest BCUT2D eigenvalue weighted by atomic mass is 10.0. The number of fused-ring (bicyclic) bond motifs is 2. The molecule has 0 aliphatic heterocycles. The van der Waals surface area contributed by atoms with Gasteiger partial charge in [0.1, 0.15) is 0 Å². The third kappa shape index (κ3) is 6.64. The topological polar surface area (TPSA) is 46.2 Å². The number of carbonyl (C=O) groups excluding carboxylic acids is 1. The van der Waals surface area contributed by atoms with E-state index in [4.69, 9.17) is 6.42 Å². The lowest BCUT2D eigenvalue weighted by molar-refractivity contribution is 0.0937. The van der Waals surface area contributed by atoms with E-state index in [0.717, 1.165) is 33.4 Å². The van der Waals surface area contributed by atoms with E-state index in [9.17, 15) is 9.59 Å². The lowest BCUT2D eigenvalue weighted by Gasteiger charge is -2.17. The predicted molar refractivity (Wildman–Crippen MR) is 158 cm³/mol. The highest BCUT2D eigenvalue weighted by Gasteiger charge is 2.16. The van der Waals surface area contributed by atoms with E-state index in [2.05, 4.69) is 49.4 Å². The van der Waals surface area contributed by atoms with Crippen LogP contribution in [0.15, 0.2) is 89.8 Å². The summed E-state index contributed by atoms with van der Waals surface area (Å²) in [6, 6.07) is 20.6. The summed E-state index contributed by atoms with van der Waals surface area (Å²) in [5, 5.41) is 4.28. The standard InChI is InChI=1S/C33H31NO2S/c1-4-11-29(25-18-16-24(17-19-25)13-8-6-5-7-12-23(2)3)34-33(36)26-20-21-31-28(22-26)32(35)27-14-9-10-15-30(27)37-31/h1,5,7-10,13-23,29H,6,11-12H2,2-3H3,(H,34,36)/b7-5-,13-8+. The minimum atomic E-state index is -0.323. The van der Waals surface area contributed by atoms with Gasteiger partial charge in [-0.25, -0.2) is 0 Å². The first kappa shape index (κ1) is 26.1. The van der Waals surface area contributed by atoms with E-state index < -0.39 is 0 Å². The fraction of sp³-hybridized carbons (Fsp3) is 0.212. The number of nitrogens with one attached hydrogen (secondary N) is 1. The summed E-state index contributed by atoms with van der Waals surface area (Å²) in [5.74, 6) is 3.10. The molecule has 1 heterocycles. The van der Waals surface area contributed by atoms with Crippen LogP contribution in [0.2, 0.25) is 0 Å². The Labute approximate surface area is 222 Å². The van der Waals surface area contributed by atoms with Crippen molar-refractivity contribution in [2.24, 2.45) is 5.92 Å². The molecule has 4 heteroatoms. The largest absolute Gasteiger partial charge is 0.344 e. The third-order valence-corrected chi connectivity index (χ3v) is 7.31. The predicted octanol–water partition coefficient (Wildman–Crippen LogP) is 7.91. The zero-order valence-corrected chi connectivity index (χ0v) is 22.1. The smallest absolute Gasteiger partial charge is 0.251 e. The van der Waals surface area contributed by atoms with Crippen LogP contribution in [-0.2, 0) is 0 Å². The number of carbonyl (C=O) groups is 1. The van der Waals surface area contributed by atoms with E-state index in [-0.39, 0.29) is 17.4 Å². The van der Waals surface area contributed by atoms with Gasteiger partial charge in [-0.2, -0.15) is 0 Å². The SMILES string of the molecule is C#CCC(NC(=O)c1ccc2sc3ccccc3c(=O)c2c1)c1ccc(/C=C/C/C=C\CC(C)C)cc1. The van der Waals surface area contributed by atoms with Crippen LogP contribution in [0.4, 0.5) is 0 Å². The summed E-state index contributed by atoms with van der Waals surface area (Å²) in [6.45, 7) is 4.42. The molecule has 37 heavy (non-hydrogen) atoms. The van der Waals surface area contributed by atoms with Crippen molar-refractivity contribution in [3.8, 4) is 12.3 Å². The minimum Gasteiger partial charge on any atom is -0.344 e. The highest BCUT2D eigenvalue weighted by molar-refractivity contribution is 7.24. The van der Waals surface area contributed by atoms with Crippen LogP contribution in [0.3, 0.4) is 0 Å². The third-order valence-electron chi connectivity index (χ3n) is 6.16. The molecule has 0 saturated carbocycles. The van der Waals surface area contributed by atoms with E-state index in [0.29, 0.717) is 28.7 Å². The van der Waals surface area contributed by atoms with Gasteiger partial charge in [0.15, 0.2) is 5.43 Å². The molecule has 1 atom stereocenters. The second-order valence-electron chi connectivity index (χ2n) is 9.48. The monoisotopic (exact) mass is 505 g/mol. The normalized spacial score (nSPS) is 12.5. The van der Waals surface area contributed by atoms with Crippen molar-refractivity contribution in [3.05, 3.63) is 112 Å². The Morgan fingerprint density at radius 2 is 1.73 bits per heavy atom. The van der Waals surface area contributed by atoms with Gasteiger partial charge in [0.05, 0.1) is 6.04 Å². The molecule has 0 aliphatic rings. The van der Waals surface area contributed by atoms with Crippen LogP contribution in [0.5, 0.6) is 0 Å². The lowest BCUT2D eigenvalue weighted by Crippen LogP contribution is -2.28. The number of terminal acetylenes is 1. The number of rotatable bonds is 9. The van der Waals surface area contributed by atoms with Gasteiger partial charge < -0.3 is 5.32 Å². The highest BCUT2D eigenvalue weighted by atomic mass is 32.1. The van der Waals surface area contributed by atoms with Gasteiger partial charge in [-0.15, -0.1) is 23.7 Å². The second-order valence-corrected chi connectivity index (χ2v) is 10.6. The molecule has 1 unspecified atom stereocenters. The Morgan fingerprint density at radius 1 is 0.973 bits per heavy atom. The van der Waals surface area contributed by atoms with Gasteiger partial charge in [0.2, 0.25) is 0 Å².